The van der Waals surface area contributed by atoms with E-state index in [1.807, 2.05) is 6.07 Å². The first kappa shape index (κ1) is 13.2. The van der Waals surface area contributed by atoms with Crippen LogP contribution < -0.4 is 14.8 Å². The Morgan fingerprint density at radius 3 is 2.78 bits per heavy atom. The quantitative estimate of drug-likeness (QED) is 0.786. The van der Waals surface area contributed by atoms with Crippen molar-refractivity contribution < 1.29 is 9.47 Å². The SMILES string of the molecule is CCCCNCCc1ccc2c(c1)OCCCO2. The molecule has 1 N–H and O–H groups in total. The highest BCUT2D eigenvalue weighted by molar-refractivity contribution is 5.43. The second-order valence-corrected chi connectivity index (χ2v) is 4.69. The van der Waals surface area contributed by atoms with Gasteiger partial charge < -0.3 is 14.8 Å². The van der Waals surface area contributed by atoms with E-state index in [4.69, 9.17) is 9.47 Å². The standard InChI is InChI=1S/C15H23NO2/c1-2-3-8-16-9-7-13-5-6-14-15(12-13)18-11-4-10-17-14/h5-6,12,16H,2-4,7-11H2,1H3. The van der Waals surface area contributed by atoms with E-state index >= 15 is 0 Å². The van der Waals surface area contributed by atoms with Crippen LogP contribution in [0.5, 0.6) is 11.5 Å². The summed E-state index contributed by atoms with van der Waals surface area (Å²) in [5, 5.41) is 3.46. The highest BCUT2D eigenvalue weighted by Gasteiger charge is 2.10. The van der Waals surface area contributed by atoms with Crippen LogP contribution in [0.15, 0.2) is 18.2 Å². The first-order valence-electron chi connectivity index (χ1n) is 6.99. The largest absolute Gasteiger partial charge is 0.490 e. The smallest absolute Gasteiger partial charge is 0.161 e. The summed E-state index contributed by atoms with van der Waals surface area (Å²) in [7, 11) is 0. The molecule has 100 valence electrons. The lowest BCUT2D eigenvalue weighted by molar-refractivity contribution is 0.297. The van der Waals surface area contributed by atoms with Gasteiger partial charge in [0.05, 0.1) is 13.2 Å². The van der Waals surface area contributed by atoms with Gasteiger partial charge in [0.1, 0.15) is 0 Å². The lowest BCUT2D eigenvalue weighted by Gasteiger charge is -2.09. The first-order chi connectivity index (χ1) is 8.90. The maximum absolute atomic E-state index is 5.69. The van der Waals surface area contributed by atoms with Crippen molar-refractivity contribution in [3.8, 4) is 11.5 Å². The highest BCUT2D eigenvalue weighted by Crippen LogP contribution is 2.30. The van der Waals surface area contributed by atoms with Crippen LogP contribution >= 0.6 is 0 Å². The molecular formula is C15H23NO2. The fraction of sp³-hybridized carbons (Fsp3) is 0.600. The summed E-state index contributed by atoms with van der Waals surface area (Å²) in [5.41, 5.74) is 1.31. The summed E-state index contributed by atoms with van der Waals surface area (Å²) in [6.45, 7) is 5.86. The number of hydrogen-bond donors (Lipinski definition) is 1. The topological polar surface area (TPSA) is 30.5 Å². The molecule has 0 radical (unpaired) electrons. The van der Waals surface area contributed by atoms with E-state index in [1.54, 1.807) is 0 Å². The van der Waals surface area contributed by atoms with Crippen molar-refractivity contribution >= 4 is 0 Å². The van der Waals surface area contributed by atoms with Gasteiger partial charge in [0.15, 0.2) is 11.5 Å². The zero-order valence-corrected chi connectivity index (χ0v) is 11.2. The molecule has 0 saturated heterocycles. The van der Waals surface area contributed by atoms with Crippen LogP contribution in [0, 0.1) is 0 Å². The number of rotatable bonds is 6. The third kappa shape index (κ3) is 3.91. The zero-order valence-electron chi connectivity index (χ0n) is 11.2. The molecule has 1 aromatic rings. The predicted molar refractivity (Wildman–Crippen MR) is 73.5 cm³/mol. The maximum Gasteiger partial charge on any atom is 0.161 e. The van der Waals surface area contributed by atoms with Crippen molar-refractivity contribution in [1.82, 2.24) is 5.32 Å². The van der Waals surface area contributed by atoms with Crippen LogP contribution in [0.2, 0.25) is 0 Å². The molecule has 0 atom stereocenters. The Morgan fingerprint density at radius 1 is 1.11 bits per heavy atom. The molecule has 18 heavy (non-hydrogen) atoms. The molecule has 1 aliphatic heterocycles. The maximum atomic E-state index is 5.69. The fourth-order valence-electron chi connectivity index (χ4n) is 2.02. The van der Waals surface area contributed by atoms with Gasteiger partial charge >= 0.3 is 0 Å². The Balaban J connectivity index is 1.84. The van der Waals surface area contributed by atoms with E-state index in [1.165, 1.54) is 18.4 Å². The Kier molecular flexibility index (Phi) is 5.34. The lowest BCUT2D eigenvalue weighted by atomic mass is 10.1. The zero-order chi connectivity index (χ0) is 12.6. The van der Waals surface area contributed by atoms with Gasteiger partial charge in [-0.1, -0.05) is 19.4 Å². The minimum atomic E-state index is 0.755. The lowest BCUT2D eigenvalue weighted by Crippen LogP contribution is -2.18. The van der Waals surface area contributed by atoms with Crippen LogP contribution in [0.1, 0.15) is 31.7 Å². The third-order valence-corrected chi connectivity index (χ3v) is 3.11. The van der Waals surface area contributed by atoms with Gasteiger partial charge in [-0.2, -0.15) is 0 Å². The average Bonchev–Trinajstić information content (AvgIpc) is 2.63. The van der Waals surface area contributed by atoms with Gasteiger partial charge in [-0.3, -0.25) is 0 Å². The van der Waals surface area contributed by atoms with Gasteiger partial charge in [-0.15, -0.1) is 0 Å². The number of nitrogens with one attached hydrogen (secondary N) is 1. The van der Waals surface area contributed by atoms with E-state index in [-0.39, 0.29) is 0 Å². The molecular weight excluding hydrogens is 226 g/mol. The van der Waals surface area contributed by atoms with Crippen molar-refractivity contribution in [3.05, 3.63) is 23.8 Å². The Bertz CT molecular complexity index is 366. The van der Waals surface area contributed by atoms with E-state index in [0.29, 0.717) is 0 Å². The number of benzene rings is 1. The molecule has 0 amide bonds. The summed E-state index contributed by atoms with van der Waals surface area (Å²) in [6, 6.07) is 6.28. The van der Waals surface area contributed by atoms with Gasteiger partial charge in [-0.05, 0) is 43.6 Å². The van der Waals surface area contributed by atoms with E-state index in [9.17, 15) is 0 Å². The normalized spacial score (nSPS) is 14.3. The number of ether oxygens (including phenoxy) is 2. The minimum absolute atomic E-state index is 0.755. The molecule has 1 aliphatic rings. The summed E-state index contributed by atoms with van der Waals surface area (Å²) in [6.07, 6.45) is 4.50. The second-order valence-electron chi connectivity index (χ2n) is 4.69. The highest BCUT2D eigenvalue weighted by atomic mass is 16.5. The monoisotopic (exact) mass is 249 g/mol. The first-order valence-corrected chi connectivity index (χ1v) is 6.99. The molecule has 0 aliphatic carbocycles. The Hall–Kier alpha value is -1.22. The molecule has 0 unspecified atom stereocenters. The van der Waals surface area contributed by atoms with Gasteiger partial charge in [0, 0.05) is 6.42 Å². The summed E-state index contributed by atoms with van der Waals surface area (Å²) in [4.78, 5) is 0. The predicted octanol–water partition coefficient (Wildman–Crippen LogP) is 2.78. The van der Waals surface area contributed by atoms with Crippen LogP contribution in [0.25, 0.3) is 0 Å². The number of unbranched alkanes of at least 4 members (excludes halogenated alkanes) is 1. The molecule has 1 heterocycles. The molecule has 3 heteroatoms. The van der Waals surface area contributed by atoms with E-state index in [0.717, 1.165) is 50.6 Å². The average molecular weight is 249 g/mol. The van der Waals surface area contributed by atoms with Crippen molar-refractivity contribution in [2.75, 3.05) is 26.3 Å². The summed E-state index contributed by atoms with van der Waals surface area (Å²) < 4.78 is 11.3. The molecule has 0 bridgehead atoms. The molecule has 3 nitrogen and oxygen atoms in total. The van der Waals surface area contributed by atoms with Crippen molar-refractivity contribution in [2.24, 2.45) is 0 Å². The molecule has 1 aromatic carbocycles. The fourth-order valence-corrected chi connectivity index (χ4v) is 2.02. The minimum Gasteiger partial charge on any atom is -0.490 e. The Morgan fingerprint density at radius 2 is 1.94 bits per heavy atom. The number of fused-ring (bicyclic) bond motifs is 1. The summed E-state index contributed by atoms with van der Waals surface area (Å²) in [5.74, 6) is 1.79. The van der Waals surface area contributed by atoms with Crippen LogP contribution in [0.4, 0.5) is 0 Å². The molecule has 0 fully saturated rings. The van der Waals surface area contributed by atoms with Crippen LogP contribution in [-0.2, 0) is 6.42 Å². The number of hydrogen-bond acceptors (Lipinski definition) is 3. The van der Waals surface area contributed by atoms with Crippen LogP contribution in [-0.4, -0.2) is 26.3 Å². The van der Waals surface area contributed by atoms with Crippen molar-refractivity contribution in [1.29, 1.82) is 0 Å². The third-order valence-electron chi connectivity index (χ3n) is 3.11. The molecule has 0 saturated carbocycles. The van der Waals surface area contributed by atoms with Crippen molar-refractivity contribution in [2.45, 2.75) is 32.6 Å². The van der Waals surface area contributed by atoms with Gasteiger partial charge in [-0.25, -0.2) is 0 Å². The second kappa shape index (κ2) is 7.27. The molecule has 0 spiro atoms. The van der Waals surface area contributed by atoms with Crippen molar-refractivity contribution in [3.63, 3.8) is 0 Å². The summed E-state index contributed by atoms with van der Waals surface area (Å²) >= 11 is 0. The Labute approximate surface area is 109 Å². The van der Waals surface area contributed by atoms with E-state index < -0.39 is 0 Å². The van der Waals surface area contributed by atoms with E-state index in [2.05, 4.69) is 24.4 Å². The van der Waals surface area contributed by atoms with Gasteiger partial charge in [0.2, 0.25) is 0 Å². The van der Waals surface area contributed by atoms with Crippen LogP contribution in [0.3, 0.4) is 0 Å². The molecule has 2 rings (SSSR count). The molecule has 0 aromatic heterocycles. The van der Waals surface area contributed by atoms with Gasteiger partial charge in [0.25, 0.3) is 0 Å².